The quantitative estimate of drug-likeness (QED) is 0.597. The van der Waals surface area contributed by atoms with E-state index in [-0.39, 0.29) is 30.4 Å². The van der Waals surface area contributed by atoms with Gasteiger partial charge in [0.05, 0.1) is 5.52 Å². The zero-order valence-corrected chi connectivity index (χ0v) is 16.7. The molecule has 1 heterocycles. The first-order valence-electron chi connectivity index (χ1n) is 9.42. The van der Waals surface area contributed by atoms with Gasteiger partial charge in [-0.1, -0.05) is 24.3 Å². The van der Waals surface area contributed by atoms with Crippen molar-refractivity contribution < 1.29 is 18.3 Å². The molecule has 2 aromatic carbocycles. The molecule has 3 aromatic rings. The van der Waals surface area contributed by atoms with Crippen LogP contribution in [0.3, 0.4) is 0 Å². The van der Waals surface area contributed by atoms with Crippen LogP contribution in [0.5, 0.6) is 0 Å². The van der Waals surface area contributed by atoms with Crippen molar-refractivity contribution in [2.24, 2.45) is 0 Å². The molecule has 6 heteroatoms. The predicted molar refractivity (Wildman–Crippen MR) is 108 cm³/mol. The van der Waals surface area contributed by atoms with E-state index >= 15 is 0 Å². The maximum atomic E-state index is 14.0. The fourth-order valence-corrected chi connectivity index (χ4v) is 3.28. The van der Waals surface area contributed by atoms with E-state index in [0.29, 0.717) is 16.6 Å². The molecule has 0 aliphatic rings. The molecule has 0 saturated carbocycles. The minimum Gasteiger partial charge on any atom is -0.459 e. The summed E-state index contributed by atoms with van der Waals surface area (Å²) < 4.78 is 34.6. The molecule has 0 N–H and O–H groups in total. The third-order valence-electron chi connectivity index (χ3n) is 4.49. The summed E-state index contributed by atoms with van der Waals surface area (Å²) >= 11 is 0. The highest BCUT2D eigenvalue weighted by molar-refractivity contribution is 5.81. The molecule has 0 bridgehead atoms. The Labute approximate surface area is 167 Å². The lowest BCUT2D eigenvalue weighted by molar-refractivity contribution is -0.155. The second kappa shape index (κ2) is 8.15. The number of fused-ring (bicyclic) bond motifs is 1. The molecule has 0 radical (unpaired) electrons. The molecule has 0 amide bonds. The number of halogens is 2. The average molecular weight is 399 g/mol. The van der Waals surface area contributed by atoms with Gasteiger partial charge in [-0.25, -0.2) is 8.78 Å². The van der Waals surface area contributed by atoms with Crippen molar-refractivity contribution in [3.8, 4) is 0 Å². The van der Waals surface area contributed by atoms with E-state index < -0.39 is 23.2 Å². The molecule has 0 saturated heterocycles. The normalized spacial score (nSPS) is 11.6. The van der Waals surface area contributed by atoms with Crippen molar-refractivity contribution in [3.05, 3.63) is 81.6 Å². The number of hydrogen-bond donors (Lipinski definition) is 0. The number of pyridine rings is 1. The standard InChI is InChI=1S/C23H23F2NO3/c1-23(2,3)29-21(28)14-26-16(12-11-15-7-6-9-18(24)22(15)25)13-20(27)17-8-4-5-10-19(17)26/h4-10,13H,11-12,14H2,1-3H3. The van der Waals surface area contributed by atoms with E-state index in [4.69, 9.17) is 4.74 Å². The lowest BCUT2D eigenvalue weighted by atomic mass is 10.1. The highest BCUT2D eigenvalue weighted by Crippen LogP contribution is 2.18. The van der Waals surface area contributed by atoms with Gasteiger partial charge in [-0.3, -0.25) is 9.59 Å². The number of aryl methyl sites for hydroxylation is 2. The highest BCUT2D eigenvalue weighted by atomic mass is 19.2. The van der Waals surface area contributed by atoms with Gasteiger partial charge in [-0.2, -0.15) is 0 Å². The zero-order chi connectivity index (χ0) is 21.2. The minimum absolute atomic E-state index is 0.0843. The van der Waals surface area contributed by atoms with Crippen LogP contribution in [0, 0.1) is 11.6 Å². The summed E-state index contributed by atoms with van der Waals surface area (Å²) in [6.45, 7) is 5.26. The van der Waals surface area contributed by atoms with Gasteiger partial charge in [0.15, 0.2) is 17.1 Å². The zero-order valence-electron chi connectivity index (χ0n) is 16.7. The van der Waals surface area contributed by atoms with Crippen molar-refractivity contribution in [1.29, 1.82) is 0 Å². The van der Waals surface area contributed by atoms with Gasteiger partial charge < -0.3 is 9.30 Å². The fourth-order valence-electron chi connectivity index (χ4n) is 3.28. The summed E-state index contributed by atoms with van der Waals surface area (Å²) in [4.78, 5) is 25.0. The molecule has 0 atom stereocenters. The Morgan fingerprint density at radius 2 is 1.76 bits per heavy atom. The van der Waals surface area contributed by atoms with Gasteiger partial charge in [0.25, 0.3) is 0 Å². The van der Waals surface area contributed by atoms with Crippen LogP contribution >= 0.6 is 0 Å². The molecule has 29 heavy (non-hydrogen) atoms. The minimum atomic E-state index is -0.910. The molecule has 152 valence electrons. The van der Waals surface area contributed by atoms with Crippen molar-refractivity contribution in [2.45, 2.75) is 45.8 Å². The number of rotatable bonds is 5. The number of esters is 1. The van der Waals surface area contributed by atoms with Gasteiger partial charge in [-0.15, -0.1) is 0 Å². The molecule has 0 fully saturated rings. The highest BCUT2D eigenvalue weighted by Gasteiger charge is 2.19. The summed E-state index contributed by atoms with van der Waals surface area (Å²) in [6, 6.07) is 12.5. The van der Waals surface area contributed by atoms with E-state index in [1.807, 2.05) is 0 Å². The Balaban J connectivity index is 2.00. The molecule has 0 spiro atoms. The van der Waals surface area contributed by atoms with Crippen molar-refractivity contribution in [1.82, 2.24) is 4.57 Å². The summed E-state index contributed by atoms with van der Waals surface area (Å²) in [5.74, 6) is -2.24. The van der Waals surface area contributed by atoms with Crippen LogP contribution < -0.4 is 5.43 Å². The number of para-hydroxylation sites is 1. The van der Waals surface area contributed by atoms with E-state index in [1.54, 1.807) is 49.6 Å². The number of hydrogen-bond acceptors (Lipinski definition) is 3. The van der Waals surface area contributed by atoms with E-state index in [2.05, 4.69) is 0 Å². The predicted octanol–water partition coefficient (Wildman–Crippen LogP) is 4.41. The van der Waals surface area contributed by atoms with Crippen LogP contribution in [-0.4, -0.2) is 16.1 Å². The van der Waals surface area contributed by atoms with Gasteiger partial charge in [-0.05, 0) is 57.4 Å². The van der Waals surface area contributed by atoms with E-state index in [1.165, 1.54) is 18.2 Å². The topological polar surface area (TPSA) is 48.3 Å². The lowest BCUT2D eigenvalue weighted by Gasteiger charge is -2.22. The summed E-state index contributed by atoms with van der Waals surface area (Å²) in [6.07, 6.45) is 0.457. The Morgan fingerprint density at radius 3 is 2.48 bits per heavy atom. The summed E-state index contributed by atoms with van der Waals surface area (Å²) in [7, 11) is 0. The van der Waals surface area contributed by atoms with Gasteiger partial charge >= 0.3 is 5.97 Å². The summed E-state index contributed by atoms with van der Waals surface area (Å²) in [5, 5.41) is 0.483. The number of nitrogens with zero attached hydrogens (tertiary/aromatic N) is 1. The van der Waals surface area contributed by atoms with Gasteiger partial charge in [0, 0.05) is 17.1 Å². The third kappa shape index (κ3) is 4.88. The lowest BCUT2D eigenvalue weighted by Crippen LogP contribution is -2.28. The van der Waals surface area contributed by atoms with Crippen LogP contribution in [0.15, 0.2) is 53.3 Å². The number of aromatic nitrogens is 1. The van der Waals surface area contributed by atoms with Crippen molar-refractivity contribution in [2.75, 3.05) is 0 Å². The second-order valence-corrected chi connectivity index (χ2v) is 7.90. The average Bonchev–Trinajstić information content (AvgIpc) is 2.64. The van der Waals surface area contributed by atoms with Crippen molar-refractivity contribution in [3.63, 3.8) is 0 Å². The van der Waals surface area contributed by atoms with Crippen LogP contribution in [0.1, 0.15) is 32.0 Å². The molecule has 0 aliphatic carbocycles. The largest absolute Gasteiger partial charge is 0.459 e. The Bertz CT molecular complexity index is 1110. The molecule has 3 rings (SSSR count). The number of carbonyl (C=O) groups is 1. The first kappa shape index (κ1) is 20.7. The maximum Gasteiger partial charge on any atom is 0.326 e. The number of ether oxygens (including phenoxy) is 1. The van der Waals surface area contributed by atoms with Gasteiger partial charge in [0.2, 0.25) is 0 Å². The SMILES string of the molecule is CC(C)(C)OC(=O)Cn1c(CCc2cccc(F)c2F)cc(=O)c2ccccc21. The third-order valence-corrected chi connectivity index (χ3v) is 4.49. The fraction of sp³-hybridized carbons (Fsp3) is 0.304. The first-order chi connectivity index (χ1) is 13.7. The number of benzene rings is 2. The maximum absolute atomic E-state index is 14.0. The van der Waals surface area contributed by atoms with Gasteiger partial charge in [0.1, 0.15) is 12.1 Å². The van der Waals surface area contributed by atoms with Crippen LogP contribution in [-0.2, 0) is 28.9 Å². The van der Waals surface area contributed by atoms with Crippen LogP contribution in [0.2, 0.25) is 0 Å². The summed E-state index contributed by atoms with van der Waals surface area (Å²) in [5.41, 5.74) is 0.547. The number of carbonyl (C=O) groups excluding carboxylic acids is 1. The molecular formula is C23H23F2NO3. The first-order valence-corrected chi connectivity index (χ1v) is 9.42. The second-order valence-electron chi connectivity index (χ2n) is 7.90. The molecule has 0 unspecified atom stereocenters. The van der Waals surface area contributed by atoms with Crippen molar-refractivity contribution >= 4 is 16.9 Å². The van der Waals surface area contributed by atoms with Crippen LogP contribution in [0.25, 0.3) is 10.9 Å². The van der Waals surface area contributed by atoms with E-state index in [0.717, 1.165) is 6.07 Å². The van der Waals surface area contributed by atoms with Crippen LogP contribution in [0.4, 0.5) is 8.78 Å². The molecule has 0 aliphatic heterocycles. The smallest absolute Gasteiger partial charge is 0.326 e. The Morgan fingerprint density at radius 1 is 1.03 bits per heavy atom. The molecule has 4 nitrogen and oxygen atoms in total. The van der Waals surface area contributed by atoms with E-state index in [9.17, 15) is 18.4 Å². The Kier molecular flexibility index (Phi) is 5.82. The monoisotopic (exact) mass is 399 g/mol. The molecular weight excluding hydrogens is 376 g/mol. The molecule has 1 aromatic heterocycles. The Hall–Kier alpha value is -3.02.